The van der Waals surface area contributed by atoms with Crippen LogP contribution >= 0.6 is 0 Å². The first-order chi connectivity index (χ1) is 12.3. The van der Waals surface area contributed by atoms with Gasteiger partial charge in [0.05, 0.1) is 19.8 Å². The maximum atomic E-state index is 6.26. The molecule has 1 aliphatic carbocycles. The Balaban J connectivity index is 1.36. The van der Waals surface area contributed by atoms with Crippen molar-refractivity contribution in [3.05, 3.63) is 29.8 Å². The zero-order valence-electron chi connectivity index (χ0n) is 16.2. The van der Waals surface area contributed by atoms with E-state index in [0.717, 1.165) is 43.0 Å². The summed E-state index contributed by atoms with van der Waals surface area (Å²) in [5.74, 6) is 3.73. The first-order valence-corrected chi connectivity index (χ1v) is 10.5. The van der Waals surface area contributed by atoms with Crippen molar-refractivity contribution >= 4 is 0 Å². The molecule has 2 unspecified atom stereocenters. The fourth-order valence-electron chi connectivity index (χ4n) is 4.90. The van der Waals surface area contributed by atoms with Gasteiger partial charge in [-0.2, -0.15) is 0 Å². The van der Waals surface area contributed by atoms with Crippen molar-refractivity contribution in [1.29, 1.82) is 0 Å². The van der Waals surface area contributed by atoms with Gasteiger partial charge in [-0.05, 0) is 74.0 Å². The summed E-state index contributed by atoms with van der Waals surface area (Å²) in [5.41, 5.74) is 1.39. The average molecular weight is 345 g/mol. The lowest BCUT2D eigenvalue weighted by Crippen LogP contribution is -2.32. The Morgan fingerprint density at radius 1 is 0.920 bits per heavy atom. The molecule has 0 spiro atoms. The van der Waals surface area contributed by atoms with Gasteiger partial charge < -0.3 is 9.47 Å². The zero-order chi connectivity index (χ0) is 17.5. The highest BCUT2D eigenvalue weighted by Crippen LogP contribution is 2.39. The summed E-state index contributed by atoms with van der Waals surface area (Å²) in [6.45, 7) is 3.34. The second kappa shape index (κ2) is 9.62. The number of rotatable bonds is 7. The second-order valence-electron chi connectivity index (χ2n) is 8.25. The summed E-state index contributed by atoms with van der Waals surface area (Å²) < 4.78 is 11.5. The molecule has 0 bridgehead atoms. The van der Waals surface area contributed by atoms with Crippen LogP contribution in [-0.4, -0.2) is 19.8 Å². The Kier molecular flexibility index (Phi) is 7.22. The van der Waals surface area contributed by atoms with E-state index in [0.29, 0.717) is 6.10 Å². The first kappa shape index (κ1) is 18.8. The lowest BCUT2D eigenvalue weighted by molar-refractivity contribution is -0.0418. The van der Waals surface area contributed by atoms with Crippen molar-refractivity contribution in [2.75, 3.05) is 13.7 Å². The molecule has 2 fully saturated rings. The van der Waals surface area contributed by atoms with Crippen molar-refractivity contribution in [1.82, 2.24) is 0 Å². The molecule has 1 heterocycles. The molecular formula is C23H36O2. The fraction of sp³-hybridized carbons (Fsp3) is 0.739. The minimum absolute atomic E-state index is 0.467. The monoisotopic (exact) mass is 344 g/mol. The Labute approximate surface area is 154 Å². The number of ether oxygens (including phenoxy) is 2. The van der Waals surface area contributed by atoms with Crippen LogP contribution in [0.2, 0.25) is 0 Å². The molecule has 25 heavy (non-hydrogen) atoms. The molecular weight excluding hydrogens is 308 g/mol. The average Bonchev–Trinajstić information content (AvgIpc) is 2.68. The highest BCUT2D eigenvalue weighted by molar-refractivity contribution is 5.27. The van der Waals surface area contributed by atoms with Crippen molar-refractivity contribution in [3.63, 3.8) is 0 Å². The van der Waals surface area contributed by atoms with E-state index in [1.807, 2.05) is 0 Å². The standard InChI is InChI=1S/C23H36O2/c1-3-4-18-5-10-20(11-6-18)21-12-16-23(25-17-21)15-9-19-7-13-22(24-2)14-8-19/h7-8,13-14,18,20-21,23H,3-6,9-12,15-17H2,1-2H3. The lowest BCUT2D eigenvalue weighted by Gasteiger charge is -2.38. The van der Waals surface area contributed by atoms with E-state index in [-0.39, 0.29) is 0 Å². The van der Waals surface area contributed by atoms with E-state index >= 15 is 0 Å². The maximum Gasteiger partial charge on any atom is 0.118 e. The van der Waals surface area contributed by atoms with Crippen LogP contribution in [0.1, 0.15) is 70.3 Å². The molecule has 0 amide bonds. The topological polar surface area (TPSA) is 18.5 Å². The number of benzene rings is 1. The van der Waals surface area contributed by atoms with Gasteiger partial charge in [0.1, 0.15) is 5.75 Å². The molecule has 3 rings (SSSR count). The largest absolute Gasteiger partial charge is 0.497 e. The minimum atomic E-state index is 0.467. The van der Waals surface area contributed by atoms with Crippen LogP contribution in [0.5, 0.6) is 5.75 Å². The third-order valence-corrected chi connectivity index (χ3v) is 6.57. The fourth-order valence-corrected chi connectivity index (χ4v) is 4.90. The quantitative estimate of drug-likeness (QED) is 0.601. The van der Waals surface area contributed by atoms with Crippen molar-refractivity contribution in [2.24, 2.45) is 17.8 Å². The van der Waals surface area contributed by atoms with E-state index < -0.39 is 0 Å². The first-order valence-electron chi connectivity index (χ1n) is 10.5. The van der Waals surface area contributed by atoms with Gasteiger partial charge in [-0.25, -0.2) is 0 Å². The SMILES string of the molecule is CCCC1CCC(C2CCC(CCc3ccc(OC)cc3)OC2)CC1. The summed E-state index contributed by atoms with van der Waals surface area (Å²) in [4.78, 5) is 0. The van der Waals surface area contributed by atoms with Gasteiger partial charge in [-0.15, -0.1) is 0 Å². The van der Waals surface area contributed by atoms with E-state index in [2.05, 4.69) is 31.2 Å². The molecule has 2 aliphatic rings. The Morgan fingerprint density at radius 2 is 1.64 bits per heavy atom. The van der Waals surface area contributed by atoms with Gasteiger partial charge in [0, 0.05) is 0 Å². The number of methoxy groups -OCH3 is 1. The third-order valence-electron chi connectivity index (χ3n) is 6.57. The number of hydrogen-bond acceptors (Lipinski definition) is 2. The van der Waals surface area contributed by atoms with Crippen LogP contribution < -0.4 is 4.74 Å². The Morgan fingerprint density at radius 3 is 2.24 bits per heavy atom. The highest BCUT2D eigenvalue weighted by atomic mass is 16.5. The van der Waals surface area contributed by atoms with Crippen molar-refractivity contribution < 1.29 is 9.47 Å². The van der Waals surface area contributed by atoms with E-state index in [9.17, 15) is 0 Å². The van der Waals surface area contributed by atoms with E-state index in [1.165, 1.54) is 56.9 Å². The van der Waals surface area contributed by atoms with Crippen molar-refractivity contribution in [3.8, 4) is 5.75 Å². The molecule has 1 saturated heterocycles. The molecule has 1 aromatic carbocycles. The summed E-state index contributed by atoms with van der Waals surface area (Å²) in [5, 5.41) is 0. The second-order valence-corrected chi connectivity index (χ2v) is 8.25. The molecule has 0 aromatic heterocycles. The van der Waals surface area contributed by atoms with Crippen LogP contribution in [0.15, 0.2) is 24.3 Å². The van der Waals surface area contributed by atoms with E-state index in [4.69, 9.17) is 9.47 Å². The summed E-state index contributed by atoms with van der Waals surface area (Å²) >= 11 is 0. The predicted octanol–water partition coefficient (Wildman–Crippen LogP) is 6.03. The zero-order valence-corrected chi connectivity index (χ0v) is 16.2. The molecule has 2 atom stereocenters. The molecule has 2 heteroatoms. The van der Waals surface area contributed by atoms with Crippen LogP contribution in [0.25, 0.3) is 0 Å². The van der Waals surface area contributed by atoms with Gasteiger partial charge in [0.25, 0.3) is 0 Å². The normalized spacial score (nSPS) is 30.2. The molecule has 0 N–H and O–H groups in total. The summed E-state index contributed by atoms with van der Waals surface area (Å²) in [7, 11) is 1.72. The number of aryl methyl sites for hydroxylation is 1. The Hall–Kier alpha value is -1.02. The highest BCUT2D eigenvalue weighted by Gasteiger charge is 2.31. The lowest BCUT2D eigenvalue weighted by atomic mass is 9.73. The van der Waals surface area contributed by atoms with Crippen molar-refractivity contribution in [2.45, 2.75) is 77.2 Å². The summed E-state index contributed by atoms with van der Waals surface area (Å²) in [6.07, 6.45) is 14.0. The van der Waals surface area contributed by atoms with Gasteiger partial charge >= 0.3 is 0 Å². The van der Waals surface area contributed by atoms with E-state index in [1.54, 1.807) is 7.11 Å². The Bertz CT molecular complexity index is 479. The summed E-state index contributed by atoms with van der Waals surface area (Å²) in [6, 6.07) is 8.47. The predicted molar refractivity (Wildman–Crippen MR) is 104 cm³/mol. The molecule has 140 valence electrons. The smallest absolute Gasteiger partial charge is 0.118 e. The van der Waals surface area contributed by atoms with Crippen LogP contribution in [0.4, 0.5) is 0 Å². The molecule has 1 aromatic rings. The number of hydrogen-bond donors (Lipinski definition) is 0. The minimum Gasteiger partial charge on any atom is -0.497 e. The van der Waals surface area contributed by atoms with Gasteiger partial charge in [0.15, 0.2) is 0 Å². The van der Waals surface area contributed by atoms with Gasteiger partial charge in [-0.3, -0.25) is 0 Å². The van der Waals surface area contributed by atoms with Crippen LogP contribution in [0, 0.1) is 17.8 Å². The molecule has 1 saturated carbocycles. The van der Waals surface area contributed by atoms with Gasteiger partial charge in [-0.1, -0.05) is 44.7 Å². The molecule has 1 aliphatic heterocycles. The van der Waals surface area contributed by atoms with Crippen LogP contribution in [0.3, 0.4) is 0 Å². The van der Waals surface area contributed by atoms with Crippen LogP contribution in [-0.2, 0) is 11.2 Å². The maximum absolute atomic E-state index is 6.26. The molecule has 0 radical (unpaired) electrons. The van der Waals surface area contributed by atoms with Gasteiger partial charge in [0.2, 0.25) is 0 Å². The molecule has 2 nitrogen and oxygen atoms in total. The third kappa shape index (κ3) is 5.48.